The maximum absolute atomic E-state index is 12.8. The Bertz CT molecular complexity index is 1340. The fraction of sp³-hybridized carbons (Fsp3) is 0.467. The highest BCUT2D eigenvalue weighted by molar-refractivity contribution is 5.95. The van der Waals surface area contributed by atoms with Crippen molar-refractivity contribution in [3.05, 3.63) is 58.4 Å². The summed E-state index contributed by atoms with van der Waals surface area (Å²) in [6, 6.07) is 13.1. The molecule has 196 valence electrons. The minimum Gasteiger partial charge on any atom is -0.496 e. The van der Waals surface area contributed by atoms with Crippen molar-refractivity contribution in [1.82, 2.24) is 10.2 Å². The summed E-state index contributed by atoms with van der Waals surface area (Å²) in [5.41, 5.74) is 2.79. The molecule has 1 aromatic heterocycles. The molecule has 1 saturated carbocycles. The molecule has 0 spiro atoms. The third-order valence-corrected chi connectivity index (χ3v) is 8.17. The molecule has 7 nitrogen and oxygen atoms in total. The molecule has 3 aromatic rings. The lowest BCUT2D eigenvalue weighted by molar-refractivity contribution is -0.138. The Balaban J connectivity index is 1.40. The highest BCUT2D eigenvalue weighted by atomic mass is 16.5. The van der Waals surface area contributed by atoms with Gasteiger partial charge in [-0.05, 0) is 61.3 Å². The van der Waals surface area contributed by atoms with Crippen molar-refractivity contribution < 1.29 is 18.7 Å². The van der Waals surface area contributed by atoms with Gasteiger partial charge in [0.25, 0.3) is 5.91 Å². The van der Waals surface area contributed by atoms with E-state index in [-0.39, 0.29) is 5.91 Å². The molecule has 0 bridgehead atoms. The number of piperazine rings is 1. The van der Waals surface area contributed by atoms with Crippen molar-refractivity contribution in [2.75, 3.05) is 33.3 Å². The lowest BCUT2D eigenvalue weighted by atomic mass is 9.64. The maximum atomic E-state index is 12.8. The number of ether oxygens (including phenoxy) is 2. The quantitative estimate of drug-likeness (QED) is 0.477. The average molecular weight is 505 g/mol. The van der Waals surface area contributed by atoms with Crippen LogP contribution in [0.2, 0.25) is 0 Å². The second-order valence-corrected chi connectivity index (χ2v) is 10.5. The van der Waals surface area contributed by atoms with E-state index >= 15 is 0 Å². The monoisotopic (exact) mass is 504 g/mol. The Labute approximate surface area is 217 Å². The van der Waals surface area contributed by atoms with E-state index in [9.17, 15) is 9.59 Å². The lowest BCUT2D eigenvalue weighted by Crippen LogP contribution is -2.50. The topological polar surface area (TPSA) is 81.0 Å². The Morgan fingerprint density at radius 2 is 1.89 bits per heavy atom. The summed E-state index contributed by atoms with van der Waals surface area (Å²) in [5, 5.41) is 4.02. The van der Waals surface area contributed by atoms with Crippen LogP contribution in [0.3, 0.4) is 0 Å². The van der Waals surface area contributed by atoms with Crippen LogP contribution in [-0.2, 0) is 11.2 Å². The number of nitrogens with one attached hydrogen (secondary N) is 1. The van der Waals surface area contributed by atoms with Crippen LogP contribution >= 0.6 is 0 Å². The first-order valence-corrected chi connectivity index (χ1v) is 13.3. The normalized spacial score (nSPS) is 22.4. The van der Waals surface area contributed by atoms with Gasteiger partial charge in [0.1, 0.15) is 17.1 Å². The Morgan fingerprint density at radius 3 is 2.59 bits per heavy atom. The molecule has 1 saturated heterocycles. The van der Waals surface area contributed by atoms with Gasteiger partial charge in [0.2, 0.25) is 0 Å². The molecule has 1 aliphatic carbocycles. The molecule has 2 aromatic carbocycles. The molecular weight excluding hydrogens is 468 g/mol. The smallest absolute Gasteiger partial charge is 0.336 e. The van der Waals surface area contributed by atoms with Gasteiger partial charge in [-0.25, -0.2) is 4.79 Å². The summed E-state index contributed by atoms with van der Waals surface area (Å²) < 4.78 is 17.3. The van der Waals surface area contributed by atoms with Crippen molar-refractivity contribution in [2.24, 2.45) is 17.8 Å². The first kappa shape index (κ1) is 25.3. The van der Waals surface area contributed by atoms with Gasteiger partial charge in [0.15, 0.2) is 6.10 Å². The van der Waals surface area contributed by atoms with E-state index in [1.54, 1.807) is 20.1 Å². The van der Waals surface area contributed by atoms with Crippen molar-refractivity contribution in [3.63, 3.8) is 0 Å². The predicted octanol–water partition coefficient (Wildman–Crippen LogP) is 4.50. The van der Waals surface area contributed by atoms with Crippen LogP contribution in [-0.4, -0.2) is 50.2 Å². The number of nitrogens with zero attached hydrogens (tertiary/aromatic N) is 1. The molecule has 1 aliphatic heterocycles. The van der Waals surface area contributed by atoms with Crippen LogP contribution in [0.15, 0.2) is 51.7 Å². The molecule has 1 N–H and O–H groups in total. The van der Waals surface area contributed by atoms with Crippen molar-refractivity contribution >= 4 is 16.9 Å². The van der Waals surface area contributed by atoms with Crippen molar-refractivity contribution in [1.29, 1.82) is 0 Å². The highest BCUT2D eigenvalue weighted by Crippen LogP contribution is 2.43. The number of rotatable bonds is 7. The molecule has 2 fully saturated rings. The number of benzene rings is 2. The zero-order chi connectivity index (χ0) is 26.1. The first-order valence-electron chi connectivity index (χ1n) is 13.3. The summed E-state index contributed by atoms with van der Waals surface area (Å²) in [5.74, 6) is 3.40. The fourth-order valence-electron chi connectivity index (χ4n) is 5.67. The van der Waals surface area contributed by atoms with Crippen LogP contribution in [0.4, 0.5) is 0 Å². The molecule has 4 atom stereocenters. The van der Waals surface area contributed by atoms with Gasteiger partial charge < -0.3 is 24.1 Å². The molecule has 2 aliphatic rings. The van der Waals surface area contributed by atoms with Crippen molar-refractivity contribution in [3.8, 4) is 22.6 Å². The van der Waals surface area contributed by atoms with E-state index in [2.05, 4.69) is 31.3 Å². The molecule has 37 heavy (non-hydrogen) atoms. The van der Waals surface area contributed by atoms with E-state index in [0.717, 1.165) is 53.6 Å². The molecule has 0 radical (unpaired) electrons. The van der Waals surface area contributed by atoms with E-state index in [4.69, 9.17) is 13.9 Å². The highest BCUT2D eigenvalue weighted by Gasteiger charge is 2.34. The number of carbonyl (C=O) groups excluding carboxylic acids is 1. The van der Waals surface area contributed by atoms with Crippen LogP contribution in [0.25, 0.3) is 22.1 Å². The third-order valence-electron chi connectivity index (χ3n) is 8.17. The summed E-state index contributed by atoms with van der Waals surface area (Å²) in [6.07, 6.45) is 1.66. The molecule has 3 unspecified atom stereocenters. The maximum Gasteiger partial charge on any atom is 0.336 e. The van der Waals surface area contributed by atoms with Gasteiger partial charge in [0, 0.05) is 54.8 Å². The number of methoxy groups -OCH3 is 1. The zero-order valence-electron chi connectivity index (χ0n) is 22.1. The minimum absolute atomic E-state index is 0.0487. The minimum atomic E-state index is -0.639. The summed E-state index contributed by atoms with van der Waals surface area (Å²) in [7, 11) is 1.66. The Kier molecular flexibility index (Phi) is 7.24. The van der Waals surface area contributed by atoms with E-state index in [1.165, 1.54) is 18.1 Å². The van der Waals surface area contributed by atoms with E-state index in [0.29, 0.717) is 30.3 Å². The third kappa shape index (κ3) is 5.23. The molecular formula is C30H36N2O5. The van der Waals surface area contributed by atoms with Crippen LogP contribution < -0.4 is 20.4 Å². The Morgan fingerprint density at radius 1 is 1.11 bits per heavy atom. The number of fused-ring (bicyclic) bond motifs is 1. The standard InChI is InChI=1S/C30H36N2O5/c1-18-13-22(19(18)2)14-21-5-7-24(27(15-21)35-4)26-17-29(33)37-28-16-23(6-8-25(26)28)36-20(3)30(34)32-11-9-31-10-12-32/h5-8,15-20,22,31H,9-14H2,1-4H3/t18?,19?,20-,22?/m1/s1. The number of hydrogen-bond donors (Lipinski definition) is 1. The average Bonchev–Trinajstić information content (AvgIpc) is 2.92. The summed E-state index contributed by atoms with van der Waals surface area (Å²) in [6.45, 7) is 9.30. The molecule has 5 rings (SSSR count). The van der Waals surface area contributed by atoms with Gasteiger partial charge >= 0.3 is 5.63 Å². The first-order chi connectivity index (χ1) is 17.8. The van der Waals surface area contributed by atoms with Crippen molar-refractivity contribution in [2.45, 2.75) is 39.7 Å². The Hall–Kier alpha value is -3.32. The van der Waals surface area contributed by atoms with Crippen LogP contribution in [0.5, 0.6) is 11.5 Å². The van der Waals surface area contributed by atoms with Gasteiger partial charge in [-0.1, -0.05) is 26.0 Å². The zero-order valence-corrected chi connectivity index (χ0v) is 22.1. The summed E-state index contributed by atoms with van der Waals surface area (Å²) in [4.78, 5) is 27.1. The van der Waals surface area contributed by atoms with Gasteiger partial charge in [-0.2, -0.15) is 0 Å². The number of hydrogen-bond acceptors (Lipinski definition) is 6. The molecule has 1 amide bonds. The number of carbonyl (C=O) groups is 1. The fourth-order valence-corrected chi connectivity index (χ4v) is 5.67. The molecule has 7 heteroatoms. The summed E-state index contributed by atoms with van der Waals surface area (Å²) >= 11 is 0. The van der Waals surface area contributed by atoms with Gasteiger partial charge in [-0.15, -0.1) is 0 Å². The lowest BCUT2D eigenvalue weighted by Gasteiger charge is -2.41. The van der Waals surface area contributed by atoms with Gasteiger partial charge in [-0.3, -0.25) is 4.79 Å². The second-order valence-electron chi connectivity index (χ2n) is 10.5. The predicted molar refractivity (Wildman–Crippen MR) is 144 cm³/mol. The van der Waals surface area contributed by atoms with E-state index in [1.807, 2.05) is 23.1 Å². The molecule has 2 heterocycles. The largest absolute Gasteiger partial charge is 0.496 e. The second kappa shape index (κ2) is 10.6. The van der Waals surface area contributed by atoms with Crippen LogP contribution in [0, 0.1) is 17.8 Å². The van der Waals surface area contributed by atoms with E-state index < -0.39 is 11.7 Å². The van der Waals surface area contributed by atoms with Crippen LogP contribution in [0.1, 0.15) is 32.8 Å². The SMILES string of the molecule is COc1cc(CC2CC(C)C2C)ccc1-c1cc(=O)oc2cc(O[C@H](C)C(=O)N3CCNCC3)ccc12. The number of amides is 1. The van der Waals surface area contributed by atoms with Gasteiger partial charge in [0.05, 0.1) is 7.11 Å².